The minimum atomic E-state index is -4.74. The molecule has 2 aromatic rings. The van der Waals surface area contributed by atoms with Gasteiger partial charge in [-0.2, -0.15) is 0 Å². The molecule has 1 aliphatic carbocycles. The van der Waals surface area contributed by atoms with E-state index in [2.05, 4.69) is 35.8 Å². The van der Waals surface area contributed by atoms with Crippen molar-refractivity contribution in [1.29, 1.82) is 0 Å². The highest BCUT2D eigenvalue weighted by Crippen LogP contribution is 2.41. The number of rotatable bonds is 9. The zero-order chi connectivity index (χ0) is 28.6. The number of hydrogen-bond acceptors (Lipinski definition) is 5. The van der Waals surface area contributed by atoms with Gasteiger partial charge in [0.2, 0.25) is 0 Å². The van der Waals surface area contributed by atoms with Crippen LogP contribution in [0.2, 0.25) is 0 Å². The fourth-order valence-electron chi connectivity index (χ4n) is 3.75. The number of anilines is 1. The lowest BCUT2D eigenvalue weighted by atomic mass is 9.82. The summed E-state index contributed by atoms with van der Waals surface area (Å²) in [6.45, 7) is 12.4. The van der Waals surface area contributed by atoms with Crippen LogP contribution in [0.5, 0.6) is 11.5 Å². The lowest BCUT2D eigenvalue weighted by molar-refractivity contribution is -0.274. The maximum atomic E-state index is 12.4. The van der Waals surface area contributed by atoms with E-state index in [9.17, 15) is 23.1 Å². The highest BCUT2D eigenvalue weighted by atomic mass is 19.4. The molecule has 208 valence electrons. The molecule has 0 saturated carbocycles. The van der Waals surface area contributed by atoms with Gasteiger partial charge in [0.05, 0.1) is 23.0 Å². The first kappa shape index (κ1) is 30.6. The summed E-state index contributed by atoms with van der Waals surface area (Å²) in [5.74, 6) is -0.746. The van der Waals surface area contributed by atoms with E-state index in [-0.39, 0.29) is 34.9 Å². The molecule has 2 aromatic carbocycles. The highest BCUT2D eigenvalue weighted by Gasteiger charge is 2.33. The van der Waals surface area contributed by atoms with Gasteiger partial charge in [-0.1, -0.05) is 65.3 Å². The smallest absolute Gasteiger partial charge is 0.505 e. The predicted octanol–water partition coefficient (Wildman–Crippen LogP) is 7.37. The second-order valence-corrected chi connectivity index (χ2v) is 9.28. The van der Waals surface area contributed by atoms with E-state index >= 15 is 0 Å². The number of nitrogens with one attached hydrogen (secondary N) is 2. The maximum Gasteiger partial charge on any atom is 0.573 e. The molecular formula is C29H38F3N3O3. The quantitative estimate of drug-likeness (QED) is 0.294. The van der Waals surface area contributed by atoms with Crippen molar-refractivity contribution in [2.24, 2.45) is 5.92 Å². The van der Waals surface area contributed by atoms with Gasteiger partial charge in [-0.25, -0.2) is 0 Å². The van der Waals surface area contributed by atoms with Crippen molar-refractivity contribution in [3.05, 3.63) is 77.1 Å². The van der Waals surface area contributed by atoms with E-state index in [0.717, 1.165) is 16.8 Å². The van der Waals surface area contributed by atoms with Crippen molar-refractivity contribution >= 4 is 11.6 Å². The minimum absolute atomic E-state index is 0.0121. The number of phenolic OH excluding ortho intramolecular Hbond substituents is 1. The summed E-state index contributed by atoms with van der Waals surface area (Å²) >= 11 is 0. The van der Waals surface area contributed by atoms with Gasteiger partial charge in [-0.3, -0.25) is 4.79 Å². The third-order valence-electron chi connectivity index (χ3n) is 6.23. The van der Waals surface area contributed by atoms with Crippen LogP contribution in [-0.2, 0) is 0 Å². The Morgan fingerprint density at radius 1 is 1.11 bits per heavy atom. The summed E-state index contributed by atoms with van der Waals surface area (Å²) in [4.78, 5) is 13.7. The Morgan fingerprint density at radius 3 is 2.21 bits per heavy atom. The summed E-state index contributed by atoms with van der Waals surface area (Å²) in [6.07, 6.45) is -1.43. The SMILES string of the molecule is C=C1C(Nc2cccc(C(=O)N(C)C)c2O)=C(NC(CC)c2ccc(OC(F)(F)F)cc2)C1C.CCCC. The van der Waals surface area contributed by atoms with E-state index in [1.807, 2.05) is 13.8 Å². The second kappa shape index (κ2) is 13.3. The molecule has 0 aromatic heterocycles. The van der Waals surface area contributed by atoms with Crippen molar-refractivity contribution in [3.63, 3.8) is 0 Å². The zero-order valence-electron chi connectivity index (χ0n) is 22.9. The number of ether oxygens (including phenoxy) is 1. The van der Waals surface area contributed by atoms with Crippen LogP contribution in [0.1, 0.15) is 68.9 Å². The lowest BCUT2D eigenvalue weighted by Crippen LogP contribution is -2.35. The molecule has 0 radical (unpaired) electrons. The van der Waals surface area contributed by atoms with Gasteiger partial charge in [0.25, 0.3) is 5.91 Å². The number of aromatic hydroxyl groups is 1. The number of carbonyl (C=O) groups is 1. The predicted molar refractivity (Wildman–Crippen MR) is 145 cm³/mol. The standard InChI is InChI=1S/C25H28F3N3O3.C4H10/c1-6-19(16-10-12-17(13-11-16)34-25(26,27)28)29-21-14(2)15(3)22(21)30-20-9-7-8-18(23(20)32)24(33)31(4)5;1-3-4-2/h7-14,19,29-30,32H,3,6H2,1-2,4-5H3;3-4H2,1-2H3. The van der Waals surface area contributed by atoms with Crippen LogP contribution in [-0.4, -0.2) is 36.4 Å². The van der Waals surface area contributed by atoms with Crippen LogP contribution < -0.4 is 15.4 Å². The van der Waals surface area contributed by atoms with Gasteiger partial charge in [0.1, 0.15) is 5.75 Å². The topological polar surface area (TPSA) is 73.8 Å². The van der Waals surface area contributed by atoms with Crippen molar-refractivity contribution < 1.29 is 27.8 Å². The molecule has 0 spiro atoms. The number of para-hydroxylation sites is 1. The molecule has 0 fully saturated rings. The Bertz CT molecular complexity index is 1140. The van der Waals surface area contributed by atoms with E-state index < -0.39 is 6.36 Å². The molecule has 1 amide bonds. The van der Waals surface area contributed by atoms with Gasteiger partial charge in [-0.15, -0.1) is 13.2 Å². The number of nitrogens with zero attached hydrogens (tertiary/aromatic N) is 1. The van der Waals surface area contributed by atoms with E-state index in [4.69, 9.17) is 0 Å². The molecule has 0 heterocycles. The zero-order valence-corrected chi connectivity index (χ0v) is 22.9. The van der Waals surface area contributed by atoms with Crippen LogP contribution in [0.3, 0.4) is 0 Å². The molecule has 0 saturated heterocycles. The van der Waals surface area contributed by atoms with Gasteiger partial charge >= 0.3 is 6.36 Å². The number of alkyl halides is 3. The summed E-state index contributed by atoms with van der Waals surface area (Å²) in [6, 6.07) is 10.5. The van der Waals surface area contributed by atoms with Crippen LogP contribution >= 0.6 is 0 Å². The van der Waals surface area contributed by atoms with Crippen molar-refractivity contribution in [2.45, 2.75) is 59.4 Å². The Hall–Kier alpha value is -3.62. The number of allylic oxidation sites excluding steroid dienone is 2. The monoisotopic (exact) mass is 533 g/mol. The third-order valence-corrected chi connectivity index (χ3v) is 6.23. The number of benzene rings is 2. The lowest BCUT2D eigenvalue weighted by Gasteiger charge is -2.37. The Labute approximate surface area is 223 Å². The molecule has 2 atom stereocenters. The Kier molecular flexibility index (Phi) is 10.7. The molecule has 0 bridgehead atoms. The molecule has 9 heteroatoms. The molecular weight excluding hydrogens is 495 g/mol. The van der Waals surface area contributed by atoms with Gasteiger partial charge < -0.3 is 25.4 Å². The Morgan fingerprint density at radius 2 is 1.71 bits per heavy atom. The van der Waals surface area contributed by atoms with Crippen LogP contribution in [0.15, 0.2) is 66.0 Å². The molecule has 1 aliphatic rings. The van der Waals surface area contributed by atoms with Crippen molar-refractivity contribution in [2.75, 3.05) is 19.4 Å². The first-order chi connectivity index (χ1) is 17.8. The average molecular weight is 534 g/mol. The first-order valence-electron chi connectivity index (χ1n) is 12.7. The number of amides is 1. The Balaban J connectivity index is 0.00000118. The first-order valence-corrected chi connectivity index (χ1v) is 12.7. The number of carbonyl (C=O) groups excluding carboxylic acids is 1. The number of halogens is 3. The number of phenols is 1. The molecule has 6 nitrogen and oxygen atoms in total. The molecule has 38 heavy (non-hydrogen) atoms. The van der Waals surface area contributed by atoms with Gasteiger partial charge in [0.15, 0.2) is 5.75 Å². The largest absolute Gasteiger partial charge is 0.573 e. The van der Waals surface area contributed by atoms with Crippen LogP contribution in [0, 0.1) is 5.92 Å². The molecule has 0 aliphatic heterocycles. The van der Waals surface area contributed by atoms with Crippen molar-refractivity contribution in [3.8, 4) is 11.5 Å². The van der Waals surface area contributed by atoms with E-state index in [0.29, 0.717) is 17.8 Å². The van der Waals surface area contributed by atoms with Crippen LogP contribution in [0.25, 0.3) is 0 Å². The number of hydrogen-bond donors (Lipinski definition) is 3. The summed E-state index contributed by atoms with van der Waals surface area (Å²) in [7, 11) is 3.21. The van der Waals surface area contributed by atoms with Gasteiger partial charge in [-0.05, 0) is 41.8 Å². The average Bonchev–Trinajstić information content (AvgIpc) is 2.88. The maximum absolute atomic E-state index is 12.4. The minimum Gasteiger partial charge on any atom is -0.505 e. The summed E-state index contributed by atoms with van der Waals surface area (Å²) in [5, 5.41) is 17.3. The second-order valence-electron chi connectivity index (χ2n) is 9.28. The molecule has 2 unspecified atom stereocenters. The normalized spacial score (nSPS) is 15.6. The summed E-state index contributed by atoms with van der Waals surface area (Å²) < 4.78 is 41.3. The van der Waals surface area contributed by atoms with Crippen molar-refractivity contribution in [1.82, 2.24) is 10.2 Å². The van der Waals surface area contributed by atoms with E-state index in [1.165, 1.54) is 29.9 Å². The van der Waals surface area contributed by atoms with Crippen LogP contribution in [0.4, 0.5) is 18.9 Å². The molecule has 3 N–H and O–H groups in total. The third kappa shape index (κ3) is 7.69. The highest BCUT2D eigenvalue weighted by molar-refractivity contribution is 5.98. The summed E-state index contributed by atoms with van der Waals surface area (Å²) in [5.41, 5.74) is 3.74. The fourth-order valence-corrected chi connectivity index (χ4v) is 3.75. The number of unbranched alkanes of at least 4 members (excludes halogenated alkanes) is 1. The molecule has 3 rings (SSSR count). The van der Waals surface area contributed by atoms with E-state index in [1.54, 1.807) is 44.4 Å². The van der Waals surface area contributed by atoms with Gasteiger partial charge in [0, 0.05) is 25.7 Å². The fraction of sp³-hybridized carbons (Fsp3) is 0.414.